The van der Waals surface area contributed by atoms with Crippen molar-refractivity contribution < 1.29 is 19.4 Å². The molecule has 0 heterocycles. The number of aliphatic hydroxyl groups excluding tert-OH is 1. The van der Waals surface area contributed by atoms with E-state index in [1.165, 1.54) is 0 Å². The van der Waals surface area contributed by atoms with Gasteiger partial charge in [0, 0.05) is 25.0 Å². The number of ketones is 1. The molecule has 3 rings (SSSR count). The maximum atomic E-state index is 13.3. The van der Waals surface area contributed by atoms with Gasteiger partial charge in [-0.15, -0.1) is 0 Å². The van der Waals surface area contributed by atoms with E-state index in [0.717, 1.165) is 31.3 Å². The lowest BCUT2D eigenvalue weighted by Crippen LogP contribution is -2.60. The molecule has 3 aliphatic carbocycles. The summed E-state index contributed by atoms with van der Waals surface area (Å²) in [5.74, 6) is 0.645. The molecule has 0 aromatic rings. The van der Waals surface area contributed by atoms with Gasteiger partial charge in [-0.3, -0.25) is 4.79 Å². The summed E-state index contributed by atoms with van der Waals surface area (Å²) in [5.41, 5.74) is 0.905. The third-order valence-electron chi connectivity index (χ3n) is 8.52. The van der Waals surface area contributed by atoms with Gasteiger partial charge in [0.25, 0.3) is 0 Å². The van der Waals surface area contributed by atoms with Crippen LogP contribution in [0.2, 0.25) is 0 Å². The molecule has 6 atom stereocenters. The van der Waals surface area contributed by atoms with Crippen molar-refractivity contribution in [3.8, 4) is 0 Å². The summed E-state index contributed by atoms with van der Waals surface area (Å²) in [6.07, 6.45) is 5.44. The van der Waals surface area contributed by atoms with E-state index in [0.29, 0.717) is 31.3 Å². The Balaban J connectivity index is 1.78. The Morgan fingerprint density at radius 1 is 1.28 bits per heavy atom. The summed E-state index contributed by atoms with van der Waals surface area (Å²) in [5, 5.41) is 10.6. The van der Waals surface area contributed by atoms with Gasteiger partial charge < -0.3 is 14.7 Å². The smallest absolute Gasteiger partial charge is 0.330 e. The number of carbonyl (C=O) groups excluding carboxylic acids is 2. The van der Waals surface area contributed by atoms with Crippen LogP contribution in [0, 0.1) is 34.5 Å². The zero-order chi connectivity index (χ0) is 21.6. The van der Waals surface area contributed by atoms with Gasteiger partial charge in [0.2, 0.25) is 0 Å². The number of fused-ring (bicyclic) bond motifs is 3. The number of aliphatic hydroxyl groups is 1. The highest BCUT2D eigenvalue weighted by Gasteiger charge is 2.61. The van der Waals surface area contributed by atoms with E-state index >= 15 is 0 Å². The quantitative estimate of drug-likeness (QED) is 0.573. The molecule has 0 aromatic heterocycles. The number of Topliss-reactive ketones (excluding diaryl/α,β-unsaturated/α-hetero) is 1. The van der Waals surface area contributed by atoms with Crippen LogP contribution in [0.15, 0.2) is 11.6 Å². The van der Waals surface area contributed by atoms with Crippen LogP contribution < -0.4 is 0 Å². The Morgan fingerprint density at radius 2 is 1.97 bits per heavy atom. The minimum absolute atomic E-state index is 0.0168. The number of nitrogens with zero attached hydrogens (tertiary/aromatic N) is 1. The lowest BCUT2D eigenvalue weighted by Gasteiger charge is -2.62. The summed E-state index contributed by atoms with van der Waals surface area (Å²) in [4.78, 5) is 27.5. The first-order valence-corrected chi connectivity index (χ1v) is 11.2. The number of rotatable bonds is 4. The molecule has 0 radical (unpaired) electrons. The molecular formula is C24H39NO4. The van der Waals surface area contributed by atoms with Crippen LogP contribution in [-0.2, 0) is 14.3 Å². The molecule has 29 heavy (non-hydrogen) atoms. The summed E-state index contributed by atoms with van der Waals surface area (Å²) < 4.78 is 5.34. The highest BCUT2D eigenvalue weighted by Crippen LogP contribution is 2.63. The average molecular weight is 406 g/mol. The molecule has 0 saturated heterocycles. The van der Waals surface area contributed by atoms with Gasteiger partial charge in [-0.25, -0.2) is 4.79 Å². The van der Waals surface area contributed by atoms with Crippen LogP contribution in [0.1, 0.15) is 59.8 Å². The first-order chi connectivity index (χ1) is 13.5. The SMILES string of the molecule is C[C@@H]1/C(=C\C(=O)OCCN(C)C)CCC2C1C(=O)CC1C(C)(C)[C@H](O)CC[C@@]21C. The minimum atomic E-state index is -0.335. The van der Waals surface area contributed by atoms with Gasteiger partial charge >= 0.3 is 5.97 Å². The van der Waals surface area contributed by atoms with E-state index in [1.54, 1.807) is 6.08 Å². The fourth-order valence-electron chi connectivity index (χ4n) is 6.63. The van der Waals surface area contributed by atoms with E-state index in [9.17, 15) is 14.7 Å². The van der Waals surface area contributed by atoms with Crippen molar-refractivity contribution in [1.29, 1.82) is 0 Å². The predicted molar refractivity (Wildman–Crippen MR) is 113 cm³/mol. The van der Waals surface area contributed by atoms with Crippen LogP contribution in [0.3, 0.4) is 0 Å². The number of carbonyl (C=O) groups is 2. The number of ether oxygens (including phenoxy) is 1. The second-order valence-corrected chi connectivity index (χ2v) is 10.8. The first-order valence-electron chi connectivity index (χ1n) is 11.2. The monoisotopic (exact) mass is 405 g/mol. The van der Waals surface area contributed by atoms with Crippen molar-refractivity contribution in [3.63, 3.8) is 0 Å². The summed E-state index contributed by atoms with van der Waals surface area (Å²) in [6, 6.07) is 0. The Bertz CT molecular complexity index is 682. The number of likely N-dealkylation sites (N-methyl/N-ethyl adjacent to an activating group) is 1. The van der Waals surface area contributed by atoms with Crippen LogP contribution in [0.4, 0.5) is 0 Å². The van der Waals surface area contributed by atoms with Crippen molar-refractivity contribution in [1.82, 2.24) is 4.90 Å². The van der Waals surface area contributed by atoms with Gasteiger partial charge in [0.05, 0.1) is 6.10 Å². The Kier molecular flexibility index (Phi) is 6.31. The molecule has 164 valence electrons. The fourth-order valence-corrected chi connectivity index (χ4v) is 6.63. The Labute approximate surface area is 175 Å². The molecular weight excluding hydrogens is 366 g/mol. The first kappa shape index (κ1) is 22.5. The summed E-state index contributed by atoms with van der Waals surface area (Å²) >= 11 is 0. The fraction of sp³-hybridized carbons (Fsp3) is 0.833. The molecule has 3 aliphatic rings. The molecule has 0 aromatic carbocycles. The van der Waals surface area contributed by atoms with E-state index in [-0.39, 0.29) is 40.7 Å². The zero-order valence-electron chi connectivity index (χ0n) is 19.0. The van der Waals surface area contributed by atoms with Crippen molar-refractivity contribution in [2.75, 3.05) is 27.2 Å². The number of hydrogen-bond donors (Lipinski definition) is 1. The highest BCUT2D eigenvalue weighted by atomic mass is 16.5. The van der Waals surface area contributed by atoms with Crippen LogP contribution in [0.25, 0.3) is 0 Å². The lowest BCUT2D eigenvalue weighted by atomic mass is 9.42. The maximum absolute atomic E-state index is 13.3. The van der Waals surface area contributed by atoms with E-state index in [1.807, 2.05) is 19.0 Å². The second kappa shape index (κ2) is 8.14. The average Bonchev–Trinajstić information content (AvgIpc) is 2.63. The topological polar surface area (TPSA) is 66.8 Å². The molecule has 0 bridgehead atoms. The Hall–Kier alpha value is -1.20. The van der Waals surface area contributed by atoms with Gasteiger partial charge in [-0.1, -0.05) is 33.3 Å². The molecule has 0 aliphatic heterocycles. The molecule has 0 spiro atoms. The van der Waals surface area contributed by atoms with Gasteiger partial charge in [0.15, 0.2) is 0 Å². The molecule has 3 unspecified atom stereocenters. The van der Waals surface area contributed by atoms with E-state index in [4.69, 9.17) is 4.74 Å². The predicted octanol–water partition coefficient (Wildman–Crippen LogP) is 3.46. The van der Waals surface area contributed by atoms with Gasteiger partial charge in [-0.2, -0.15) is 0 Å². The maximum Gasteiger partial charge on any atom is 0.330 e. The molecule has 3 fully saturated rings. The standard InChI is InChI=1S/C24H39NO4/c1-15-16(13-21(28)29-12-11-25(5)6)7-8-17-22(15)18(26)14-19-23(2,3)20(27)9-10-24(17,19)4/h13,15,17,19-20,22,27H,7-12,14H2,1-6H3/b16-13-/t15-,17?,19?,20-,22?,24+/m1/s1. The molecule has 5 nitrogen and oxygen atoms in total. The number of allylic oxidation sites excluding steroid dienone is 1. The largest absolute Gasteiger partial charge is 0.461 e. The van der Waals surface area contributed by atoms with Crippen molar-refractivity contribution in [3.05, 3.63) is 11.6 Å². The summed E-state index contributed by atoms with van der Waals surface area (Å²) in [7, 11) is 3.90. The molecule has 1 N–H and O–H groups in total. The van der Waals surface area contributed by atoms with Gasteiger partial charge in [-0.05, 0) is 68.4 Å². The van der Waals surface area contributed by atoms with Crippen molar-refractivity contribution in [2.24, 2.45) is 34.5 Å². The normalized spacial score (nSPS) is 40.5. The van der Waals surface area contributed by atoms with E-state index in [2.05, 4.69) is 27.7 Å². The van der Waals surface area contributed by atoms with Crippen molar-refractivity contribution in [2.45, 2.75) is 65.9 Å². The number of esters is 1. The molecule has 0 amide bonds. The van der Waals surface area contributed by atoms with Crippen LogP contribution in [0.5, 0.6) is 0 Å². The van der Waals surface area contributed by atoms with Gasteiger partial charge in [0.1, 0.15) is 12.4 Å². The third kappa shape index (κ3) is 4.05. The molecule has 5 heteroatoms. The van der Waals surface area contributed by atoms with E-state index < -0.39 is 0 Å². The van der Waals surface area contributed by atoms with Crippen LogP contribution in [-0.4, -0.2) is 55.1 Å². The van der Waals surface area contributed by atoms with Crippen molar-refractivity contribution >= 4 is 11.8 Å². The third-order valence-corrected chi connectivity index (χ3v) is 8.52. The minimum Gasteiger partial charge on any atom is -0.461 e. The summed E-state index contributed by atoms with van der Waals surface area (Å²) in [6.45, 7) is 9.82. The van der Waals surface area contributed by atoms with Crippen LogP contribution >= 0.6 is 0 Å². The number of hydrogen-bond acceptors (Lipinski definition) is 5. The highest BCUT2D eigenvalue weighted by molar-refractivity contribution is 5.86. The zero-order valence-corrected chi connectivity index (χ0v) is 19.0. The molecule has 3 saturated carbocycles. The second-order valence-electron chi connectivity index (χ2n) is 10.8. The Morgan fingerprint density at radius 3 is 2.62 bits per heavy atom. The lowest BCUT2D eigenvalue weighted by molar-refractivity contribution is -0.172.